The number of aromatic hydroxyl groups is 1. The number of piperidine rings is 1. The molecule has 20 heteroatoms. The molecular formula is C48H61Cl3N4O13. The Morgan fingerprint density at radius 3 is 2.19 bits per heavy atom. The minimum atomic E-state index is -2.06. The first kappa shape index (κ1) is 52.7. The number of carbonyl (C=O) groups excluding carboxylic acids is 5. The molecule has 4 aliphatic heterocycles. The Morgan fingerprint density at radius 2 is 1.59 bits per heavy atom. The molecule has 4 heterocycles. The third-order valence-electron chi connectivity index (χ3n) is 13.9. The highest BCUT2D eigenvalue weighted by molar-refractivity contribution is 6.68. The van der Waals surface area contributed by atoms with Crippen molar-refractivity contribution < 1.29 is 63.0 Å². The van der Waals surface area contributed by atoms with Crippen molar-refractivity contribution in [2.45, 2.75) is 127 Å². The van der Waals surface area contributed by atoms with Crippen LogP contribution in [0.5, 0.6) is 11.5 Å². The molecule has 1 fully saturated rings. The fraction of sp³-hybridized carbons (Fsp3) is 0.583. The number of nitrogens with one attached hydrogen (secondary N) is 2. The van der Waals surface area contributed by atoms with E-state index < -0.39 is 104 Å². The number of allylic oxidation sites excluding steroid dienone is 4. The van der Waals surface area contributed by atoms with E-state index in [2.05, 4.69) is 10.6 Å². The Balaban J connectivity index is 1.48. The summed E-state index contributed by atoms with van der Waals surface area (Å²) in [7, 11) is 1.43. The molecule has 68 heavy (non-hydrogen) atoms. The minimum Gasteiger partial charge on any atom is -0.507 e. The van der Waals surface area contributed by atoms with Crippen LogP contribution in [0.3, 0.4) is 0 Å². The summed E-state index contributed by atoms with van der Waals surface area (Å²) in [6.07, 6.45) is 3.34. The summed E-state index contributed by atoms with van der Waals surface area (Å²) in [5, 5.41) is 41.0. The van der Waals surface area contributed by atoms with E-state index >= 15 is 0 Å². The highest BCUT2D eigenvalue weighted by Gasteiger charge is 2.54. The number of phenols is 1. The van der Waals surface area contributed by atoms with Gasteiger partial charge in [0.25, 0.3) is 11.7 Å². The number of hydrogen-bond acceptors (Lipinski definition) is 15. The zero-order valence-corrected chi connectivity index (χ0v) is 42.3. The monoisotopic (exact) mass is 1010 g/mol. The maximum Gasteiger partial charge on any atom is 0.410 e. The van der Waals surface area contributed by atoms with Crippen LogP contribution in [0.2, 0.25) is 0 Å². The van der Waals surface area contributed by atoms with Crippen LogP contribution in [0.1, 0.15) is 107 Å². The van der Waals surface area contributed by atoms with E-state index in [1.807, 2.05) is 0 Å². The van der Waals surface area contributed by atoms with E-state index in [0.717, 1.165) is 0 Å². The number of carbonyl (C=O) groups is 5. The zero-order valence-electron chi connectivity index (χ0n) is 40.0. The molecule has 5 aliphatic rings. The Bertz CT molecular complexity index is 2400. The Morgan fingerprint density at radius 1 is 0.941 bits per heavy atom. The normalized spacial score (nSPS) is 31.8. The number of methoxy groups -OCH3 is 1. The lowest BCUT2D eigenvalue weighted by atomic mass is 9.78. The summed E-state index contributed by atoms with van der Waals surface area (Å²) in [5.41, 5.74) is -2.65. The number of hydrogen-bond donors (Lipinski definition) is 5. The summed E-state index contributed by atoms with van der Waals surface area (Å²) < 4.78 is 27.6. The summed E-state index contributed by atoms with van der Waals surface area (Å²) in [4.78, 5) is 76.0. The Hall–Kier alpha value is -4.65. The number of esters is 1. The van der Waals surface area contributed by atoms with Crippen LogP contribution >= 0.6 is 34.8 Å². The van der Waals surface area contributed by atoms with Gasteiger partial charge in [0.2, 0.25) is 9.58 Å². The second-order valence-corrected chi connectivity index (χ2v) is 21.4. The molecule has 1 aromatic carbocycles. The fourth-order valence-corrected chi connectivity index (χ4v) is 9.37. The van der Waals surface area contributed by atoms with Crippen LogP contribution in [0.15, 0.2) is 52.5 Å². The molecule has 6 rings (SSSR count). The number of rotatable bonds is 3. The van der Waals surface area contributed by atoms with Gasteiger partial charge in [0.1, 0.15) is 23.3 Å². The Labute approximate surface area is 410 Å². The number of aliphatic hydroxyl groups is 2. The van der Waals surface area contributed by atoms with Crippen molar-refractivity contribution in [1.82, 2.24) is 15.5 Å². The zero-order chi connectivity index (χ0) is 50.6. The number of nitrogens with zero attached hydrogens (tertiary/aromatic N) is 2. The number of fused-ring (bicyclic) bond motifs is 3. The number of phenolic OH excluding ortho intramolecular Hbond substituents is 1. The van der Waals surface area contributed by atoms with Crippen LogP contribution < -0.4 is 15.4 Å². The van der Waals surface area contributed by atoms with Crippen molar-refractivity contribution in [2.24, 2.45) is 28.7 Å². The van der Waals surface area contributed by atoms with Crippen molar-refractivity contribution in [3.63, 3.8) is 0 Å². The second kappa shape index (κ2) is 19.6. The maximum atomic E-state index is 14.9. The standard InChI is InChI=1S/C48H61Cl3N4O13/c1-22-13-12-14-23(2)43(62)53-35-34-33(54-47(21-52-34)16-18-55(19-17-47)44(63)68-45(8,9)48(49,50)51)30-31(39(35)60)38(59)27(6)41-32(30)42(61)46(10,67-41)65-20-15-29(64-11)24(3)40(66-28(7)56)26(5)37(58)25(4)36(22)57/h12-15,20,22,24-26,29,36-37,40,52,57-59H,16-19,21H2,1-11H3,(H,53,62)/b13-12+,20-15+,23-14-/t22-,24+,25+,26+,29-,36-,37+,40+,46-/m0/s1. The quantitative estimate of drug-likeness (QED) is 0.166. The van der Waals surface area contributed by atoms with Crippen LogP contribution in [0, 0.1) is 30.6 Å². The topological polar surface area (TPSA) is 232 Å². The van der Waals surface area contributed by atoms with Gasteiger partial charge >= 0.3 is 17.8 Å². The molecular weight excluding hydrogens is 947 g/mol. The van der Waals surface area contributed by atoms with Crippen LogP contribution in [0.4, 0.5) is 4.79 Å². The second-order valence-electron chi connectivity index (χ2n) is 19.1. The van der Waals surface area contributed by atoms with Gasteiger partial charge < -0.3 is 54.5 Å². The average molecular weight is 1010 g/mol. The van der Waals surface area contributed by atoms with E-state index in [-0.39, 0.29) is 83.2 Å². The number of amides is 2. The largest absolute Gasteiger partial charge is 0.507 e. The molecule has 5 bridgehead atoms. The molecule has 5 N–H and O–H groups in total. The van der Waals surface area contributed by atoms with E-state index in [0.29, 0.717) is 0 Å². The molecule has 9 atom stereocenters. The number of aliphatic hydroxyl groups excluding tert-OH is 2. The van der Waals surface area contributed by atoms with Crippen molar-refractivity contribution in [2.75, 3.05) is 26.7 Å². The van der Waals surface area contributed by atoms with Gasteiger partial charge in [-0.1, -0.05) is 80.7 Å². The SMILES string of the molecule is CO[C@H]1/C=C/O[C@@]2(C)Oc3c(C)c(O)c4c(c3C2=O)C2=NC3(CCN(C(=O)OC(C)(C)C(Cl)(Cl)Cl)CC3)CNC2=C(NC(=O)/C(C)=C\C=C\[C@H](C)[C@H](O)[C@@H](C)[C@@H](O)[C@@H](C)[C@H](OC(C)=O)[C@@H]1C)C4=O. The van der Waals surface area contributed by atoms with Gasteiger partial charge in [-0.3, -0.25) is 24.2 Å². The summed E-state index contributed by atoms with van der Waals surface area (Å²) in [6, 6.07) is 0. The smallest absolute Gasteiger partial charge is 0.410 e. The van der Waals surface area contributed by atoms with Crippen molar-refractivity contribution in [1.29, 1.82) is 0 Å². The number of benzene rings is 1. The number of aliphatic imine (C=N–C) groups is 1. The minimum absolute atomic E-state index is 0.0353. The number of Topliss-reactive ketones (excluding diaryl/α,β-unsaturated/α-hetero) is 2. The predicted octanol–water partition coefficient (Wildman–Crippen LogP) is 6.29. The Kier molecular flexibility index (Phi) is 15.2. The molecule has 1 saturated heterocycles. The fourth-order valence-electron chi connectivity index (χ4n) is 9.25. The highest BCUT2D eigenvalue weighted by Crippen LogP contribution is 2.50. The van der Waals surface area contributed by atoms with Crippen molar-refractivity contribution in [3.05, 3.63) is 69.8 Å². The first-order chi connectivity index (χ1) is 31.6. The van der Waals surface area contributed by atoms with Gasteiger partial charge in [-0.15, -0.1) is 0 Å². The number of halogens is 3. The van der Waals surface area contributed by atoms with Crippen LogP contribution in [0.25, 0.3) is 0 Å². The van der Waals surface area contributed by atoms with Crippen molar-refractivity contribution in [3.8, 4) is 11.5 Å². The van der Waals surface area contributed by atoms with Gasteiger partial charge in [0.15, 0.2) is 5.60 Å². The summed E-state index contributed by atoms with van der Waals surface area (Å²) in [5.74, 6) is -8.00. The molecule has 1 aliphatic carbocycles. The van der Waals surface area contributed by atoms with Crippen molar-refractivity contribution >= 4 is 70.1 Å². The van der Waals surface area contributed by atoms with E-state index in [1.54, 1.807) is 39.8 Å². The van der Waals surface area contributed by atoms with E-state index in [9.17, 15) is 39.3 Å². The molecule has 0 radical (unpaired) electrons. The predicted molar refractivity (Wildman–Crippen MR) is 253 cm³/mol. The van der Waals surface area contributed by atoms with Gasteiger partial charge in [-0.25, -0.2) is 4.79 Å². The van der Waals surface area contributed by atoms with Gasteiger partial charge in [-0.05, 0) is 46.6 Å². The third kappa shape index (κ3) is 9.88. The lowest BCUT2D eigenvalue weighted by Gasteiger charge is -2.44. The molecule has 1 aromatic rings. The number of alkyl halides is 3. The number of likely N-dealkylation sites (tertiary alicyclic amines) is 1. The molecule has 0 aromatic heterocycles. The molecule has 2 amide bonds. The van der Waals surface area contributed by atoms with E-state index in [4.69, 9.17) is 63.5 Å². The highest BCUT2D eigenvalue weighted by atomic mass is 35.6. The molecule has 1 spiro atoms. The molecule has 17 nitrogen and oxygen atoms in total. The molecule has 0 unspecified atom stereocenters. The van der Waals surface area contributed by atoms with Gasteiger partial charge in [-0.2, -0.15) is 0 Å². The number of ketones is 2. The van der Waals surface area contributed by atoms with Gasteiger partial charge in [0, 0.05) is 81.0 Å². The third-order valence-corrected chi connectivity index (χ3v) is 15.3. The molecule has 0 saturated carbocycles. The van der Waals surface area contributed by atoms with Crippen LogP contribution in [-0.4, -0.2) is 127 Å². The summed E-state index contributed by atoms with van der Waals surface area (Å²) >= 11 is 18.3. The lowest BCUT2D eigenvalue weighted by Crippen LogP contribution is -2.56. The van der Waals surface area contributed by atoms with Crippen LogP contribution in [-0.2, 0) is 28.5 Å². The first-order valence-corrected chi connectivity index (χ1v) is 23.6. The first-order valence-electron chi connectivity index (χ1n) is 22.5. The van der Waals surface area contributed by atoms with E-state index in [1.165, 1.54) is 72.0 Å². The maximum absolute atomic E-state index is 14.9. The summed E-state index contributed by atoms with van der Waals surface area (Å²) in [6.45, 7) is 16.0. The van der Waals surface area contributed by atoms with Gasteiger partial charge in [0.05, 0.1) is 52.6 Å². The lowest BCUT2D eigenvalue weighted by molar-refractivity contribution is -0.160. The average Bonchev–Trinajstić information content (AvgIpc) is 3.54. The molecule has 372 valence electrons. The number of ether oxygens (including phenoxy) is 5.